The van der Waals surface area contributed by atoms with Gasteiger partial charge >= 0.3 is 0 Å². The summed E-state index contributed by atoms with van der Waals surface area (Å²) in [6.07, 6.45) is 0.342. The molecule has 7 nitrogen and oxygen atoms in total. The summed E-state index contributed by atoms with van der Waals surface area (Å²) in [6, 6.07) is 13.0. The van der Waals surface area contributed by atoms with E-state index in [1.165, 1.54) is 4.31 Å². The van der Waals surface area contributed by atoms with Gasteiger partial charge in [-0.05, 0) is 44.0 Å². The van der Waals surface area contributed by atoms with Crippen LogP contribution in [-0.4, -0.2) is 36.5 Å². The average molecular weight is 416 g/mol. The normalized spacial score (nSPS) is 11.8. The van der Waals surface area contributed by atoms with E-state index in [4.69, 9.17) is 9.26 Å². The first-order valence-corrected chi connectivity index (χ1v) is 10.7. The van der Waals surface area contributed by atoms with Crippen LogP contribution >= 0.6 is 0 Å². The lowest BCUT2D eigenvalue weighted by molar-refractivity contribution is 0.241. The first kappa shape index (κ1) is 21.0. The first-order chi connectivity index (χ1) is 13.8. The maximum atomic E-state index is 12.8. The van der Waals surface area contributed by atoms with Crippen molar-refractivity contribution in [2.45, 2.75) is 38.7 Å². The van der Waals surface area contributed by atoms with Crippen molar-refractivity contribution in [1.29, 1.82) is 0 Å². The number of sulfonamides is 1. The number of hydrogen-bond acceptors (Lipinski definition) is 6. The molecular formula is C21H25N3O4S. The lowest BCUT2D eigenvalue weighted by atomic mass is 10.2. The topological polar surface area (TPSA) is 85.5 Å². The van der Waals surface area contributed by atoms with Crippen LogP contribution < -0.4 is 4.74 Å². The van der Waals surface area contributed by atoms with Crippen molar-refractivity contribution < 1.29 is 17.7 Å². The van der Waals surface area contributed by atoms with Gasteiger partial charge in [-0.2, -0.15) is 4.98 Å². The Kier molecular flexibility index (Phi) is 6.34. The Morgan fingerprint density at radius 3 is 2.55 bits per heavy atom. The van der Waals surface area contributed by atoms with Crippen LogP contribution in [0.15, 0.2) is 51.9 Å². The van der Waals surface area contributed by atoms with Gasteiger partial charge in [-0.25, -0.2) is 12.7 Å². The summed E-state index contributed by atoms with van der Waals surface area (Å²) in [5.74, 6) is 1.55. The Morgan fingerprint density at radius 1 is 1.07 bits per heavy atom. The van der Waals surface area contributed by atoms with E-state index in [1.54, 1.807) is 26.1 Å². The van der Waals surface area contributed by atoms with Gasteiger partial charge < -0.3 is 9.26 Å². The monoisotopic (exact) mass is 415 g/mol. The van der Waals surface area contributed by atoms with E-state index in [2.05, 4.69) is 10.1 Å². The van der Waals surface area contributed by atoms with Crippen molar-refractivity contribution in [3.63, 3.8) is 0 Å². The predicted molar refractivity (Wildman–Crippen MR) is 109 cm³/mol. The van der Waals surface area contributed by atoms with Gasteiger partial charge in [0.25, 0.3) is 5.89 Å². The van der Waals surface area contributed by atoms with E-state index >= 15 is 0 Å². The maximum absolute atomic E-state index is 12.8. The van der Waals surface area contributed by atoms with Gasteiger partial charge in [0.05, 0.1) is 4.90 Å². The van der Waals surface area contributed by atoms with Crippen LogP contribution in [0.1, 0.15) is 28.4 Å². The fraction of sp³-hybridized carbons (Fsp3) is 0.333. The SMILES string of the molecule is Cc1ccc(S(=O)(=O)N(C)CCc2noc(COc3ccccc3C)n2)c(C)c1. The van der Waals surface area contributed by atoms with Crippen LogP contribution in [0.5, 0.6) is 5.75 Å². The number of aryl methyl sites for hydroxylation is 3. The van der Waals surface area contributed by atoms with Gasteiger partial charge in [-0.15, -0.1) is 0 Å². The van der Waals surface area contributed by atoms with E-state index in [0.717, 1.165) is 22.4 Å². The Morgan fingerprint density at radius 2 is 1.83 bits per heavy atom. The zero-order valence-electron chi connectivity index (χ0n) is 17.0. The lowest BCUT2D eigenvalue weighted by Gasteiger charge is -2.18. The average Bonchev–Trinajstić information content (AvgIpc) is 3.13. The molecule has 0 fully saturated rings. The van der Waals surface area contributed by atoms with Crippen LogP contribution in [0.25, 0.3) is 0 Å². The smallest absolute Gasteiger partial charge is 0.264 e. The molecule has 2 aromatic carbocycles. The molecule has 0 amide bonds. The molecule has 0 spiro atoms. The highest BCUT2D eigenvalue weighted by Crippen LogP contribution is 2.20. The molecule has 0 aliphatic carbocycles. The molecule has 0 saturated heterocycles. The molecule has 0 aliphatic heterocycles. The summed E-state index contributed by atoms with van der Waals surface area (Å²) < 4.78 is 37.9. The Labute approximate surface area is 171 Å². The summed E-state index contributed by atoms with van der Waals surface area (Å²) in [5, 5.41) is 3.92. The van der Waals surface area contributed by atoms with Gasteiger partial charge in [0.1, 0.15) is 5.75 Å². The first-order valence-electron chi connectivity index (χ1n) is 9.31. The van der Waals surface area contributed by atoms with Crippen molar-refractivity contribution in [2.24, 2.45) is 0 Å². The number of benzene rings is 2. The molecule has 29 heavy (non-hydrogen) atoms. The second kappa shape index (κ2) is 8.75. The summed E-state index contributed by atoms with van der Waals surface area (Å²) >= 11 is 0. The molecule has 3 rings (SSSR count). The Bertz CT molecular complexity index is 1090. The fourth-order valence-corrected chi connectivity index (χ4v) is 4.32. The van der Waals surface area contributed by atoms with Crippen molar-refractivity contribution in [2.75, 3.05) is 13.6 Å². The minimum absolute atomic E-state index is 0.161. The summed E-state index contributed by atoms with van der Waals surface area (Å²) in [7, 11) is -2.03. The molecule has 0 unspecified atom stereocenters. The quantitative estimate of drug-likeness (QED) is 0.560. The molecule has 0 aliphatic rings. The minimum atomic E-state index is -3.58. The lowest BCUT2D eigenvalue weighted by Crippen LogP contribution is -2.29. The number of nitrogens with zero attached hydrogens (tertiary/aromatic N) is 3. The van der Waals surface area contributed by atoms with E-state index < -0.39 is 10.0 Å². The summed E-state index contributed by atoms with van der Waals surface area (Å²) in [5.41, 5.74) is 2.77. The van der Waals surface area contributed by atoms with Crippen LogP contribution in [-0.2, 0) is 23.1 Å². The van der Waals surface area contributed by atoms with Gasteiger partial charge in [0.15, 0.2) is 12.4 Å². The van der Waals surface area contributed by atoms with Crippen LogP contribution in [0.4, 0.5) is 0 Å². The predicted octanol–water partition coefficient (Wildman–Crippen LogP) is 3.44. The highest BCUT2D eigenvalue weighted by molar-refractivity contribution is 7.89. The molecule has 1 heterocycles. The molecular weight excluding hydrogens is 390 g/mol. The van der Waals surface area contributed by atoms with E-state index in [1.807, 2.05) is 44.2 Å². The van der Waals surface area contributed by atoms with Crippen molar-refractivity contribution in [3.05, 3.63) is 70.9 Å². The van der Waals surface area contributed by atoms with E-state index in [-0.39, 0.29) is 13.2 Å². The zero-order chi connectivity index (χ0) is 21.0. The van der Waals surface area contributed by atoms with E-state index in [9.17, 15) is 8.42 Å². The van der Waals surface area contributed by atoms with E-state index in [0.29, 0.717) is 23.0 Å². The molecule has 0 saturated carbocycles. The largest absolute Gasteiger partial charge is 0.483 e. The molecule has 0 radical (unpaired) electrons. The van der Waals surface area contributed by atoms with Gasteiger partial charge in [0.2, 0.25) is 10.0 Å². The number of hydrogen-bond donors (Lipinski definition) is 0. The Hall–Kier alpha value is -2.71. The second-order valence-corrected chi connectivity index (χ2v) is 9.02. The maximum Gasteiger partial charge on any atom is 0.264 e. The minimum Gasteiger partial charge on any atom is -0.483 e. The number of rotatable bonds is 8. The van der Waals surface area contributed by atoms with Crippen molar-refractivity contribution >= 4 is 10.0 Å². The van der Waals surface area contributed by atoms with Crippen molar-refractivity contribution in [1.82, 2.24) is 14.4 Å². The fourth-order valence-electron chi connectivity index (χ4n) is 2.94. The third-order valence-electron chi connectivity index (χ3n) is 4.62. The zero-order valence-corrected chi connectivity index (χ0v) is 17.9. The standard InChI is InChI=1S/C21H25N3O4S/c1-15-9-10-19(17(3)13-15)29(25,26)24(4)12-11-20-22-21(28-23-20)14-27-18-8-6-5-7-16(18)2/h5-10,13H,11-12,14H2,1-4H3. The number of para-hydroxylation sites is 1. The van der Waals surface area contributed by atoms with Crippen LogP contribution in [0.2, 0.25) is 0 Å². The number of aromatic nitrogens is 2. The third-order valence-corrected chi connectivity index (χ3v) is 6.64. The van der Waals surface area contributed by atoms with Crippen LogP contribution in [0, 0.1) is 20.8 Å². The Balaban J connectivity index is 1.59. The molecule has 0 bridgehead atoms. The number of ether oxygens (including phenoxy) is 1. The molecule has 1 aromatic heterocycles. The number of likely N-dealkylation sites (N-methyl/N-ethyl adjacent to an activating group) is 1. The van der Waals surface area contributed by atoms with Crippen molar-refractivity contribution in [3.8, 4) is 5.75 Å². The highest BCUT2D eigenvalue weighted by atomic mass is 32.2. The summed E-state index contributed by atoms with van der Waals surface area (Å²) in [4.78, 5) is 4.60. The van der Waals surface area contributed by atoms with Gasteiger partial charge in [0, 0.05) is 20.0 Å². The molecule has 8 heteroatoms. The summed E-state index contributed by atoms with van der Waals surface area (Å²) in [6.45, 7) is 6.10. The van der Waals surface area contributed by atoms with Crippen LogP contribution in [0.3, 0.4) is 0 Å². The molecule has 154 valence electrons. The molecule has 3 aromatic rings. The van der Waals surface area contributed by atoms with Gasteiger partial charge in [-0.3, -0.25) is 0 Å². The second-order valence-electron chi connectivity index (χ2n) is 7.00. The third kappa shape index (κ3) is 5.02. The molecule has 0 N–H and O–H groups in total. The van der Waals surface area contributed by atoms with Gasteiger partial charge in [-0.1, -0.05) is 41.1 Å². The molecule has 0 atom stereocenters. The highest BCUT2D eigenvalue weighted by Gasteiger charge is 2.23.